The normalized spacial score (nSPS) is 11.6. The van der Waals surface area contributed by atoms with Gasteiger partial charge in [-0.1, -0.05) is 45.0 Å². The van der Waals surface area contributed by atoms with Crippen molar-refractivity contribution in [3.8, 4) is 11.3 Å². The van der Waals surface area contributed by atoms with Gasteiger partial charge in [0.1, 0.15) is 0 Å². The highest BCUT2D eigenvalue weighted by Crippen LogP contribution is 2.26. The number of nitrogens with zero attached hydrogens (tertiary/aromatic N) is 1. The van der Waals surface area contributed by atoms with Crippen LogP contribution in [0.1, 0.15) is 32.0 Å². The third-order valence-corrected chi connectivity index (χ3v) is 3.17. The summed E-state index contributed by atoms with van der Waals surface area (Å²) in [5, 5.41) is 0. The average molecular weight is 240 g/mol. The summed E-state index contributed by atoms with van der Waals surface area (Å²) >= 11 is 0. The third-order valence-electron chi connectivity index (χ3n) is 3.17. The molecule has 2 rings (SSSR count). The molecule has 1 aromatic heterocycles. The predicted molar refractivity (Wildman–Crippen MR) is 77.5 cm³/mol. The van der Waals surface area contributed by atoms with E-state index in [-0.39, 0.29) is 5.41 Å². The van der Waals surface area contributed by atoms with Gasteiger partial charge in [0.05, 0.1) is 17.1 Å². The van der Waals surface area contributed by atoms with Crippen LogP contribution in [0.25, 0.3) is 11.3 Å². The summed E-state index contributed by atoms with van der Waals surface area (Å²) in [5.41, 5.74) is 11.0. The van der Waals surface area contributed by atoms with Gasteiger partial charge in [-0.2, -0.15) is 0 Å². The van der Waals surface area contributed by atoms with E-state index >= 15 is 0 Å². The molecular weight excluding hydrogens is 220 g/mol. The molecule has 0 radical (unpaired) electrons. The summed E-state index contributed by atoms with van der Waals surface area (Å²) in [4.78, 5) is 4.51. The Labute approximate surface area is 109 Å². The first-order valence-electron chi connectivity index (χ1n) is 6.22. The Balaban J connectivity index is 2.37. The van der Waals surface area contributed by atoms with Crippen molar-refractivity contribution in [1.82, 2.24) is 4.98 Å². The Morgan fingerprint density at radius 1 is 0.944 bits per heavy atom. The number of rotatable bonds is 1. The van der Waals surface area contributed by atoms with Crippen LogP contribution in [0.4, 0.5) is 5.69 Å². The topological polar surface area (TPSA) is 38.9 Å². The molecule has 0 bridgehead atoms. The molecule has 2 nitrogen and oxygen atoms in total. The van der Waals surface area contributed by atoms with E-state index in [1.807, 2.05) is 19.1 Å². The maximum absolute atomic E-state index is 5.79. The van der Waals surface area contributed by atoms with Crippen LogP contribution in [0.5, 0.6) is 0 Å². The first-order valence-corrected chi connectivity index (χ1v) is 6.22. The number of anilines is 1. The highest BCUT2D eigenvalue weighted by molar-refractivity contribution is 5.62. The number of hydrogen-bond acceptors (Lipinski definition) is 2. The fourth-order valence-corrected chi connectivity index (χ4v) is 1.87. The van der Waals surface area contributed by atoms with Crippen LogP contribution in [0.3, 0.4) is 0 Å². The zero-order valence-electron chi connectivity index (χ0n) is 11.5. The quantitative estimate of drug-likeness (QED) is 0.820. The van der Waals surface area contributed by atoms with E-state index in [0.29, 0.717) is 0 Å². The maximum Gasteiger partial charge on any atom is 0.0706 e. The monoisotopic (exact) mass is 240 g/mol. The highest BCUT2D eigenvalue weighted by atomic mass is 14.7. The lowest BCUT2D eigenvalue weighted by Crippen LogP contribution is -2.10. The van der Waals surface area contributed by atoms with Crippen LogP contribution in [0.2, 0.25) is 0 Å². The lowest BCUT2D eigenvalue weighted by Gasteiger charge is -2.19. The molecule has 0 aliphatic rings. The van der Waals surface area contributed by atoms with Crippen molar-refractivity contribution in [3.05, 3.63) is 47.7 Å². The second kappa shape index (κ2) is 4.45. The fraction of sp³-hybridized carbons (Fsp3) is 0.312. The Morgan fingerprint density at radius 3 is 2.06 bits per heavy atom. The van der Waals surface area contributed by atoms with Gasteiger partial charge in [-0.15, -0.1) is 0 Å². The molecule has 1 heterocycles. The molecule has 0 atom stereocenters. The van der Waals surface area contributed by atoms with E-state index in [1.54, 1.807) is 0 Å². The number of hydrogen-bond donors (Lipinski definition) is 1. The minimum atomic E-state index is 0.184. The zero-order chi connectivity index (χ0) is 13.3. The van der Waals surface area contributed by atoms with E-state index in [1.165, 1.54) is 5.56 Å². The Hall–Kier alpha value is -1.83. The molecule has 2 N–H and O–H groups in total. The van der Waals surface area contributed by atoms with Crippen molar-refractivity contribution in [2.24, 2.45) is 0 Å². The summed E-state index contributed by atoms with van der Waals surface area (Å²) in [6.07, 6.45) is 0. The van der Waals surface area contributed by atoms with Crippen molar-refractivity contribution in [1.29, 1.82) is 0 Å². The van der Waals surface area contributed by atoms with Crippen molar-refractivity contribution < 1.29 is 0 Å². The number of nitrogens with two attached hydrogens (primary N) is 1. The lowest BCUT2D eigenvalue weighted by molar-refractivity contribution is 0.590. The van der Waals surface area contributed by atoms with Crippen molar-refractivity contribution >= 4 is 5.69 Å². The van der Waals surface area contributed by atoms with Crippen LogP contribution in [-0.4, -0.2) is 4.98 Å². The number of aromatic nitrogens is 1. The van der Waals surface area contributed by atoms with Crippen LogP contribution in [0.15, 0.2) is 36.4 Å². The lowest BCUT2D eigenvalue weighted by atomic mass is 9.86. The van der Waals surface area contributed by atoms with Gasteiger partial charge in [0, 0.05) is 5.56 Å². The van der Waals surface area contributed by atoms with E-state index < -0.39 is 0 Å². The van der Waals surface area contributed by atoms with Gasteiger partial charge >= 0.3 is 0 Å². The average Bonchev–Trinajstić information content (AvgIpc) is 2.32. The van der Waals surface area contributed by atoms with E-state index in [0.717, 1.165) is 22.6 Å². The largest absolute Gasteiger partial charge is 0.397 e. The van der Waals surface area contributed by atoms with Gasteiger partial charge in [-0.05, 0) is 30.0 Å². The second-order valence-electron chi connectivity index (χ2n) is 5.70. The van der Waals surface area contributed by atoms with Gasteiger partial charge in [0.15, 0.2) is 0 Å². The molecule has 0 amide bonds. The second-order valence-corrected chi connectivity index (χ2v) is 5.70. The number of pyridine rings is 1. The Kier molecular flexibility index (Phi) is 3.12. The molecule has 0 saturated heterocycles. The fourth-order valence-electron chi connectivity index (χ4n) is 1.87. The van der Waals surface area contributed by atoms with Gasteiger partial charge in [0.2, 0.25) is 0 Å². The third kappa shape index (κ3) is 2.53. The van der Waals surface area contributed by atoms with E-state index in [2.05, 4.69) is 50.0 Å². The summed E-state index contributed by atoms with van der Waals surface area (Å²) in [6, 6.07) is 12.5. The molecule has 2 aromatic rings. The molecule has 0 aliphatic heterocycles. The molecule has 1 aromatic carbocycles. The minimum Gasteiger partial charge on any atom is -0.397 e. The van der Waals surface area contributed by atoms with Crippen molar-refractivity contribution in [2.75, 3.05) is 5.73 Å². The maximum atomic E-state index is 5.79. The minimum absolute atomic E-state index is 0.184. The SMILES string of the molecule is Cc1nc(-c2ccc(C(C)(C)C)cc2)ccc1N. The predicted octanol–water partition coefficient (Wildman–Crippen LogP) is 3.94. The molecule has 0 saturated carbocycles. The zero-order valence-corrected chi connectivity index (χ0v) is 11.5. The number of nitrogen functional groups attached to an aromatic ring is 1. The van der Waals surface area contributed by atoms with Crippen molar-refractivity contribution in [2.45, 2.75) is 33.1 Å². The molecule has 0 aliphatic carbocycles. The first kappa shape index (κ1) is 12.6. The van der Waals surface area contributed by atoms with Gasteiger partial charge in [0.25, 0.3) is 0 Å². The molecule has 18 heavy (non-hydrogen) atoms. The van der Waals surface area contributed by atoms with E-state index in [4.69, 9.17) is 5.73 Å². The number of aryl methyl sites for hydroxylation is 1. The summed E-state index contributed by atoms with van der Waals surface area (Å²) < 4.78 is 0. The summed E-state index contributed by atoms with van der Waals surface area (Å²) in [7, 11) is 0. The van der Waals surface area contributed by atoms with Crippen LogP contribution < -0.4 is 5.73 Å². The smallest absolute Gasteiger partial charge is 0.0706 e. The van der Waals surface area contributed by atoms with Crippen LogP contribution in [0, 0.1) is 6.92 Å². The first-order chi connectivity index (χ1) is 8.38. The van der Waals surface area contributed by atoms with Crippen LogP contribution in [-0.2, 0) is 5.41 Å². The Bertz CT molecular complexity index is 548. The molecule has 94 valence electrons. The summed E-state index contributed by atoms with van der Waals surface area (Å²) in [5.74, 6) is 0. The molecule has 0 spiro atoms. The molecule has 0 fully saturated rings. The highest BCUT2D eigenvalue weighted by Gasteiger charge is 2.13. The van der Waals surface area contributed by atoms with Crippen molar-refractivity contribution in [3.63, 3.8) is 0 Å². The van der Waals surface area contributed by atoms with E-state index in [9.17, 15) is 0 Å². The summed E-state index contributed by atoms with van der Waals surface area (Å²) in [6.45, 7) is 8.58. The standard InChI is InChI=1S/C16H20N2/c1-11-14(17)9-10-15(18-11)12-5-7-13(8-6-12)16(2,3)4/h5-10H,17H2,1-4H3. The molecule has 0 unspecified atom stereocenters. The van der Waals surface area contributed by atoms with Gasteiger partial charge in [-0.3, -0.25) is 4.98 Å². The molecule has 2 heteroatoms. The Morgan fingerprint density at radius 2 is 1.56 bits per heavy atom. The number of benzene rings is 1. The van der Waals surface area contributed by atoms with Gasteiger partial charge < -0.3 is 5.73 Å². The van der Waals surface area contributed by atoms with Crippen LogP contribution >= 0.6 is 0 Å². The molecular formula is C16H20N2. The van der Waals surface area contributed by atoms with Gasteiger partial charge in [-0.25, -0.2) is 0 Å².